The number of aliphatic hydroxyl groups is 2. The van der Waals surface area contributed by atoms with Crippen LogP contribution in [0.2, 0.25) is 0 Å². The lowest BCUT2D eigenvalue weighted by Gasteiger charge is -2.40. The van der Waals surface area contributed by atoms with Gasteiger partial charge in [0.1, 0.15) is 12.2 Å². The molecule has 1 aliphatic rings. The predicted molar refractivity (Wildman–Crippen MR) is 51.0 cm³/mol. The van der Waals surface area contributed by atoms with Gasteiger partial charge in [0.15, 0.2) is 6.29 Å². The Balaban J connectivity index is 2.70. The highest BCUT2D eigenvalue weighted by molar-refractivity contribution is 5.73. The summed E-state index contributed by atoms with van der Waals surface area (Å²) in [6, 6.07) is -0.621. The number of ether oxygens (including phenoxy) is 2. The Kier molecular flexibility index (Phi) is 4.04. The molecule has 0 aromatic heterocycles. The predicted octanol–water partition coefficient (Wildman–Crippen LogP) is -1.40. The Morgan fingerprint density at radius 1 is 1.40 bits per heavy atom. The first-order valence-corrected chi connectivity index (χ1v) is 4.79. The summed E-state index contributed by atoms with van der Waals surface area (Å²) in [5.41, 5.74) is 0. The van der Waals surface area contributed by atoms with Crippen molar-refractivity contribution in [2.45, 2.75) is 44.5 Å². The van der Waals surface area contributed by atoms with Crippen LogP contribution in [0.15, 0.2) is 0 Å². The van der Waals surface area contributed by atoms with Crippen molar-refractivity contribution in [3.63, 3.8) is 0 Å². The molecule has 1 aliphatic heterocycles. The van der Waals surface area contributed by atoms with Crippen LogP contribution < -0.4 is 5.32 Å². The van der Waals surface area contributed by atoms with Crippen molar-refractivity contribution in [1.29, 1.82) is 0 Å². The van der Waals surface area contributed by atoms with Crippen molar-refractivity contribution >= 4 is 5.91 Å². The number of amides is 1. The highest BCUT2D eigenvalue weighted by Gasteiger charge is 2.43. The molecule has 3 N–H and O–H groups in total. The van der Waals surface area contributed by atoms with E-state index in [0.29, 0.717) is 0 Å². The number of carbonyl (C=O) groups is 1. The molecule has 0 aromatic rings. The molecule has 6 heteroatoms. The van der Waals surface area contributed by atoms with Gasteiger partial charge in [-0.3, -0.25) is 4.79 Å². The molecule has 6 nitrogen and oxygen atoms in total. The van der Waals surface area contributed by atoms with Gasteiger partial charge in [-0.05, 0) is 6.92 Å². The summed E-state index contributed by atoms with van der Waals surface area (Å²) in [6.45, 7) is 3.04. The van der Waals surface area contributed by atoms with Gasteiger partial charge < -0.3 is 25.0 Å². The molecule has 1 rings (SSSR count). The minimum absolute atomic E-state index is 0.280. The summed E-state index contributed by atoms with van der Waals surface area (Å²) in [4.78, 5) is 10.9. The number of hydrogen-bond donors (Lipinski definition) is 3. The maximum Gasteiger partial charge on any atom is 0.217 e. The molecule has 1 saturated heterocycles. The first-order chi connectivity index (χ1) is 6.97. The third kappa shape index (κ3) is 2.66. The number of methoxy groups -OCH3 is 1. The molecule has 0 unspecified atom stereocenters. The van der Waals surface area contributed by atoms with Gasteiger partial charge in [-0.15, -0.1) is 0 Å². The minimum Gasteiger partial charge on any atom is -0.388 e. The van der Waals surface area contributed by atoms with E-state index in [2.05, 4.69) is 5.32 Å². The van der Waals surface area contributed by atoms with Crippen LogP contribution in [-0.2, 0) is 14.3 Å². The van der Waals surface area contributed by atoms with E-state index in [9.17, 15) is 15.0 Å². The Morgan fingerprint density at radius 2 is 2.00 bits per heavy atom. The summed E-state index contributed by atoms with van der Waals surface area (Å²) >= 11 is 0. The fourth-order valence-corrected chi connectivity index (χ4v) is 1.66. The lowest BCUT2D eigenvalue weighted by atomic mass is 9.97. The van der Waals surface area contributed by atoms with Gasteiger partial charge in [0.05, 0.1) is 12.1 Å². The number of carbonyl (C=O) groups excluding carboxylic acids is 1. The van der Waals surface area contributed by atoms with Crippen LogP contribution in [0.1, 0.15) is 13.8 Å². The first-order valence-electron chi connectivity index (χ1n) is 4.79. The second-order valence-electron chi connectivity index (χ2n) is 3.65. The summed E-state index contributed by atoms with van der Waals surface area (Å²) in [5, 5.41) is 21.8. The third-order valence-electron chi connectivity index (χ3n) is 2.45. The maximum absolute atomic E-state index is 10.9. The Labute approximate surface area is 88.2 Å². The second kappa shape index (κ2) is 4.89. The van der Waals surface area contributed by atoms with Crippen LogP contribution in [0.25, 0.3) is 0 Å². The van der Waals surface area contributed by atoms with Crippen LogP contribution in [-0.4, -0.2) is 53.9 Å². The lowest BCUT2D eigenvalue weighted by Crippen LogP contribution is -2.62. The van der Waals surface area contributed by atoms with Gasteiger partial charge in [0.2, 0.25) is 5.91 Å². The molecule has 1 fully saturated rings. The van der Waals surface area contributed by atoms with E-state index in [4.69, 9.17) is 9.47 Å². The van der Waals surface area contributed by atoms with Crippen molar-refractivity contribution in [1.82, 2.24) is 5.32 Å². The third-order valence-corrected chi connectivity index (χ3v) is 2.45. The molecule has 0 radical (unpaired) electrons. The van der Waals surface area contributed by atoms with Crippen LogP contribution in [0, 0.1) is 0 Å². The van der Waals surface area contributed by atoms with E-state index in [1.165, 1.54) is 14.0 Å². The Bertz CT molecular complexity index is 235. The number of rotatable bonds is 2. The van der Waals surface area contributed by atoms with E-state index in [-0.39, 0.29) is 5.91 Å². The topological polar surface area (TPSA) is 88.0 Å². The number of aliphatic hydroxyl groups excluding tert-OH is 2. The molecule has 5 atom stereocenters. The van der Waals surface area contributed by atoms with Crippen LogP contribution in [0.3, 0.4) is 0 Å². The monoisotopic (exact) mass is 219 g/mol. The molecule has 15 heavy (non-hydrogen) atoms. The van der Waals surface area contributed by atoms with Gasteiger partial charge in [0.25, 0.3) is 0 Å². The number of hydrogen-bond acceptors (Lipinski definition) is 5. The molecule has 0 spiro atoms. The lowest BCUT2D eigenvalue weighted by molar-refractivity contribution is -0.263. The van der Waals surface area contributed by atoms with Gasteiger partial charge in [-0.25, -0.2) is 0 Å². The van der Waals surface area contributed by atoms with Crippen molar-refractivity contribution < 1.29 is 24.5 Å². The molecule has 88 valence electrons. The summed E-state index contributed by atoms with van der Waals surface area (Å²) in [7, 11) is 1.38. The highest BCUT2D eigenvalue weighted by Crippen LogP contribution is 2.21. The van der Waals surface area contributed by atoms with E-state index in [1.54, 1.807) is 6.92 Å². The molecule has 0 aliphatic carbocycles. The van der Waals surface area contributed by atoms with Crippen LogP contribution in [0.5, 0.6) is 0 Å². The quantitative estimate of drug-likeness (QED) is 0.532. The summed E-state index contributed by atoms with van der Waals surface area (Å²) < 4.78 is 10.1. The largest absolute Gasteiger partial charge is 0.388 e. The van der Waals surface area contributed by atoms with E-state index in [0.717, 1.165) is 0 Å². The second-order valence-corrected chi connectivity index (χ2v) is 3.65. The van der Waals surface area contributed by atoms with Crippen molar-refractivity contribution in [3.05, 3.63) is 0 Å². The zero-order chi connectivity index (χ0) is 11.6. The Morgan fingerprint density at radius 3 is 2.47 bits per heavy atom. The van der Waals surface area contributed by atoms with Crippen molar-refractivity contribution in [2.24, 2.45) is 0 Å². The summed E-state index contributed by atoms with van der Waals surface area (Å²) in [6.07, 6.45) is -3.54. The smallest absolute Gasteiger partial charge is 0.217 e. The zero-order valence-corrected chi connectivity index (χ0v) is 9.01. The van der Waals surface area contributed by atoms with Crippen molar-refractivity contribution in [3.8, 4) is 0 Å². The molecular formula is C9H17NO5. The standard InChI is InChI=1S/C9H17NO5/c1-4-6(10-5(2)11)7(12)8(13)9(14-3)15-4/h4,6-9,12-13H,1-3H3,(H,10,11)/t4-,6+,7+,8+,9+/m1/s1. The fraction of sp³-hybridized carbons (Fsp3) is 0.889. The van der Waals surface area contributed by atoms with Gasteiger partial charge in [0, 0.05) is 14.0 Å². The molecule has 1 amide bonds. The first kappa shape index (κ1) is 12.4. The van der Waals surface area contributed by atoms with Gasteiger partial charge in [-0.1, -0.05) is 0 Å². The zero-order valence-electron chi connectivity index (χ0n) is 9.01. The van der Waals surface area contributed by atoms with Crippen LogP contribution >= 0.6 is 0 Å². The maximum atomic E-state index is 10.9. The molecule has 0 bridgehead atoms. The Hall–Kier alpha value is -0.690. The molecule has 0 saturated carbocycles. The molecule has 1 heterocycles. The molecular weight excluding hydrogens is 202 g/mol. The van der Waals surface area contributed by atoms with E-state index in [1.807, 2.05) is 0 Å². The van der Waals surface area contributed by atoms with Crippen molar-refractivity contribution in [2.75, 3.05) is 7.11 Å². The highest BCUT2D eigenvalue weighted by atomic mass is 16.7. The average molecular weight is 219 g/mol. The van der Waals surface area contributed by atoms with E-state index < -0.39 is 30.6 Å². The minimum atomic E-state index is -1.16. The van der Waals surface area contributed by atoms with E-state index >= 15 is 0 Å². The van der Waals surface area contributed by atoms with Gasteiger partial charge in [-0.2, -0.15) is 0 Å². The normalized spacial score (nSPS) is 41.3. The fourth-order valence-electron chi connectivity index (χ4n) is 1.66. The SMILES string of the molecule is CO[C@H]1O[C@H](C)[C@H](NC(C)=O)[C@H](O)[C@@H]1O. The molecule has 0 aromatic carbocycles. The summed E-state index contributed by atoms with van der Waals surface area (Å²) in [5.74, 6) is -0.280. The van der Waals surface area contributed by atoms with Crippen LogP contribution in [0.4, 0.5) is 0 Å². The van der Waals surface area contributed by atoms with Gasteiger partial charge >= 0.3 is 0 Å². The average Bonchev–Trinajstić information content (AvgIpc) is 2.18. The number of nitrogens with one attached hydrogen (secondary N) is 1.